The first-order chi connectivity index (χ1) is 15.7. The van der Waals surface area contributed by atoms with Crippen molar-refractivity contribution in [1.82, 2.24) is 4.98 Å². The van der Waals surface area contributed by atoms with E-state index in [0.29, 0.717) is 12.5 Å². The number of benzene rings is 3. The Hall–Kier alpha value is -3.40. The van der Waals surface area contributed by atoms with Crippen LogP contribution in [0.5, 0.6) is 5.75 Å². The Bertz CT molecular complexity index is 1260. The summed E-state index contributed by atoms with van der Waals surface area (Å²) in [5, 5.41) is 3.32. The van der Waals surface area contributed by atoms with Crippen LogP contribution in [0.1, 0.15) is 42.9 Å². The van der Waals surface area contributed by atoms with Crippen LogP contribution in [0.3, 0.4) is 0 Å². The first-order valence-corrected chi connectivity index (χ1v) is 11.3. The Morgan fingerprint density at radius 2 is 1.69 bits per heavy atom. The number of esters is 1. The van der Waals surface area contributed by atoms with Crippen LogP contribution in [0.15, 0.2) is 72.8 Å². The Labute approximate surface area is 188 Å². The third kappa shape index (κ3) is 4.18. The second-order valence-electron chi connectivity index (χ2n) is 8.60. The molecule has 4 nitrogen and oxygen atoms in total. The zero-order valence-corrected chi connectivity index (χ0v) is 18.3. The number of ether oxygens (including phenoxy) is 2. The zero-order chi connectivity index (χ0) is 21.9. The molecule has 0 saturated heterocycles. The molecule has 32 heavy (non-hydrogen) atoms. The number of nitrogens with zero attached hydrogens (tertiary/aromatic N) is 1. The van der Waals surface area contributed by atoms with Crippen LogP contribution in [0.2, 0.25) is 0 Å². The SMILES string of the molecule is COC(=O)C(c1ccc2cc(OCc3ccc4ccccc4n3)ccc2c1)C1CCCC1. The molecule has 1 heterocycles. The van der Waals surface area contributed by atoms with E-state index < -0.39 is 0 Å². The molecule has 1 atom stereocenters. The molecule has 0 N–H and O–H groups in total. The van der Waals surface area contributed by atoms with Crippen molar-refractivity contribution < 1.29 is 14.3 Å². The minimum atomic E-state index is -0.179. The van der Waals surface area contributed by atoms with Gasteiger partial charge in [-0.2, -0.15) is 0 Å². The fourth-order valence-electron chi connectivity index (χ4n) is 4.89. The molecule has 1 fully saturated rings. The first-order valence-electron chi connectivity index (χ1n) is 11.3. The molecular weight excluding hydrogens is 398 g/mol. The predicted octanol–water partition coefficient (Wildman–Crippen LogP) is 6.41. The third-order valence-electron chi connectivity index (χ3n) is 6.56. The van der Waals surface area contributed by atoms with Crippen LogP contribution in [0.4, 0.5) is 0 Å². The molecule has 0 radical (unpaired) electrons. The highest BCUT2D eigenvalue weighted by atomic mass is 16.5. The highest BCUT2D eigenvalue weighted by Gasteiger charge is 2.32. The molecule has 0 bridgehead atoms. The highest BCUT2D eigenvalue weighted by Crippen LogP contribution is 2.39. The van der Waals surface area contributed by atoms with Crippen LogP contribution in [-0.2, 0) is 16.1 Å². The summed E-state index contributed by atoms with van der Waals surface area (Å²) in [4.78, 5) is 17.2. The molecular formula is C28H27NO3. The number of hydrogen-bond acceptors (Lipinski definition) is 4. The van der Waals surface area contributed by atoms with Crippen LogP contribution in [0, 0.1) is 5.92 Å². The van der Waals surface area contributed by atoms with Gasteiger partial charge in [-0.1, -0.05) is 61.4 Å². The summed E-state index contributed by atoms with van der Waals surface area (Å²) in [6.45, 7) is 0.417. The van der Waals surface area contributed by atoms with Gasteiger partial charge in [0.2, 0.25) is 0 Å². The lowest BCUT2D eigenvalue weighted by Crippen LogP contribution is -2.21. The molecule has 0 spiro atoms. The first kappa shape index (κ1) is 20.5. The van der Waals surface area contributed by atoms with E-state index in [0.717, 1.165) is 51.5 Å². The quantitative estimate of drug-likeness (QED) is 0.335. The summed E-state index contributed by atoms with van der Waals surface area (Å²) >= 11 is 0. The van der Waals surface area contributed by atoms with Crippen molar-refractivity contribution in [1.29, 1.82) is 0 Å². The van der Waals surface area contributed by atoms with Crippen molar-refractivity contribution in [2.45, 2.75) is 38.2 Å². The molecule has 0 aliphatic heterocycles. The fourth-order valence-corrected chi connectivity index (χ4v) is 4.89. The summed E-state index contributed by atoms with van der Waals surface area (Å²) in [5.41, 5.74) is 2.92. The average Bonchev–Trinajstić information content (AvgIpc) is 3.37. The summed E-state index contributed by atoms with van der Waals surface area (Å²) in [5.74, 6) is 0.873. The lowest BCUT2D eigenvalue weighted by Gasteiger charge is -2.22. The summed E-state index contributed by atoms with van der Waals surface area (Å²) < 4.78 is 11.2. The van der Waals surface area contributed by atoms with Crippen molar-refractivity contribution in [2.24, 2.45) is 5.92 Å². The van der Waals surface area contributed by atoms with Crippen LogP contribution < -0.4 is 4.74 Å². The molecule has 162 valence electrons. The van der Waals surface area contributed by atoms with E-state index in [2.05, 4.69) is 41.4 Å². The fraction of sp³-hybridized carbons (Fsp3) is 0.286. The average molecular weight is 426 g/mol. The van der Waals surface area contributed by atoms with Crippen LogP contribution in [-0.4, -0.2) is 18.1 Å². The van der Waals surface area contributed by atoms with Gasteiger partial charge in [0.1, 0.15) is 12.4 Å². The van der Waals surface area contributed by atoms with Gasteiger partial charge in [0.25, 0.3) is 0 Å². The van der Waals surface area contributed by atoms with Crippen LogP contribution >= 0.6 is 0 Å². The van der Waals surface area contributed by atoms with E-state index in [9.17, 15) is 4.79 Å². The zero-order valence-electron chi connectivity index (χ0n) is 18.3. The molecule has 1 aliphatic rings. The Morgan fingerprint density at radius 3 is 2.53 bits per heavy atom. The number of carbonyl (C=O) groups is 1. The van der Waals surface area contributed by atoms with Crippen molar-refractivity contribution in [3.05, 3.63) is 84.1 Å². The van der Waals surface area contributed by atoms with Crippen LogP contribution in [0.25, 0.3) is 21.7 Å². The second kappa shape index (κ2) is 8.99. The minimum absolute atomic E-state index is 0.126. The topological polar surface area (TPSA) is 48.4 Å². The van der Waals surface area contributed by atoms with Crippen molar-refractivity contribution in [3.63, 3.8) is 0 Å². The van der Waals surface area contributed by atoms with E-state index >= 15 is 0 Å². The van der Waals surface area contributed by atoms with Crippen molar-refractivity contribution >= 4 is 27.6 Å². The Balaban J connectivity index is 1.35. The number of fused-ring (bicyclic) bond motifs is 2. The molecule has 4 heteroatoms. The Morgan fingerprint density at radius 1 is 0.938 bits per heavy atom. The van der Waals surface area contributed by atoms with Gasteiger partial charge < -0.3 is 9.47 Å². The smallest absolute Gasteiger partial charge is 0.313 e. The number of para-hydroxylation sites is 1. The number of pyridine rings is 1. The van der Waals surface area contributed by atoms with Gasteiger partial charge >= 0.3 is 5.97 Å². The predicted molar refractivity (Wildman–Crippen MR) is 127 cm³/mol. The maximum Gasteiger partial charge on any atom is 0.313 e. The number of rotatable bonds is 6. The van der Waals surface area contributed by atoms with Gasteiger partial charge in [-0.3, -0.25) is 4.79 Å². The molecule has 1 aromatic heterocycles. The number of hydrogen-bond donors (Lipinski definition) is 0. The standard InChI is InChI=1S/C28H27NO3/c1-31-28(30)27(20-7-2-3-8-20)23-11-10-22-17-25(15-13-21(22)16-23)32-18-24-14-12-19-6-4-5-9-26(19)29-24/h4-6,9-17,20,27H,2-3,7-8,18H2,1H3. The monoisotopic (exact) mass is 425 g/mol. The largest absolute Gasteiger partial charge is 0.487 e. The lowest BCUT2D eigenvalue weighted by atomic mass is 9.84. The highest BCUT2D eigenvalue weighted by molar-refractivity contribution is 5.87. The van der Waals surface area contributed by atoms with Crippen molar-refractivity contribution in [3.8, 4) is 5.75 Å². The molecule has 1 unspecified atom stereocenters. The molecule has 4 aromatic rings. The minimum Gasteiger partial charge on any atom is -0.487 e. The van der Waals surface area contributed by atoms with E-state index in [1.807, 2.05) is 36.4 Å². The molecule has 5 rings (SSSR count). The number of carbonyl (C=O) groups excluding carboxylic acids is 1. The van der Waals surface area contributed by atoms with Gasteiger partial charge in [-0.15, -0.1) is 0 Å². The Kier molecular flexibility index (Phi) is 5.76. The lowest BCUT2D eigenvalue weighted by molar-refractivity contribution is -0.143. The molecule has 1 aliphatic carbocycles. The maximum absolute atomic E-state index is 12.5. The normalized spacial score (nSPS) is 15.2. The second-order valence-corrected chi connectivity index (χ2v) is 8.60. The summed E-state index contributed by atoms with van der Waals surface area (Å²) in [7, 11) is 1.49. The van der Waals surface area contributed by atoms with E-state index in [1.54, 1.807) is 0 Å². The molecule has 0 amide bonds. The van der Waals surface area contributed by atoms with E-state index in [4.69, 9.17) is 9.47 Å². The third-order valence-corrected chi connectivity index (χ3v) is 6.56. The van der Waals surface area contributed by atoms with Gasteiger partial charge in [0.05, 0.1) is 24.2 Å². The van der Waals surface area contributed by atoms with Gasteiger partial charge in [0, 0.05) is 5.39 Å². The van der Waals surface area contributed by atoms with Crippen molar-refractivity contribution in [2.75, 3.05) is 7.11 Å². The molecule has 3 aromatic carbocycles. The maximum atomic E-state index is 12.5. The van der Waals surface area contributed by atoms with Gasteiger partial charge in [0.15, 0.2) is 0 Å². The van der Waals surface area contributed by atoms with Gasteiger partial charge in [-0.05, 0) is 59.4 Å². The number of methoxy groups -OCH3 is 1. The number of aromatic nitrogens is 1. The van der Waals surface area contributed by atoms with E-state index in [1.165, 1.54) is 20.0 Å². The molecule has 1 saturated carbocycles. The van der Waals surface area contributed by atoms with Gasteiger partial charge in [-0.25, -0.2) is 4.98 Å². The summed E-state index contributed by atoms with van der Waals surface area (Å²) in [6, 6.07) is 24.5. The van der Waals surface area contributed by atoms with E-state index in [-0.39, 0.29) is 11.9 Å². The summed E-state index contributed by atoms with van der Waals surface area (Å²) in [6.07, 6.45) is 4.57.